The number of likely N-dealkylation sites (N-methyl/N-ethyl adjacent to an activating group) is 1. The van der Waals surface area contributed by atoms with Crippen LogP contribution < -0.4 is 5.32 Å². The number of rotatable bonds is 4. The van der Waals surface area contributed by atoms with Gasteiger partial charge in [0.1, 0.15) is 12.1 Å². The van der Waals surface area contributed by atoms with Gasteiger partial charge in [-0.2, -0.15) is 0 Å². The Bertz CT molecular complexity index is 330. The quantitative estimate of drug-likeness (QED) is 0.779. The number of carbonyl (C=O) groups excluding carboxylic acids is 1. The molecule has 0 aliphatic heterocycles. The van der Waals surface area contributed by atoms with Gasteiger partial charge in [-0.15, -0.1) is 0 Å². The average Bonchev–Trinajstić information content (AvgIpc) is 2.19. The smallest absolute Gasteiger partial charge is 0.141 e. The minimum absolute atomic E-state index is 0.0467. The monoisotopic (exact) mass is 215 g/mol. The molecule has 1 unspecified atom stereocenters. The van der Waals surface area contributed by atoms with E-state index in [2.05, 4.69) is 5.32 Å². The molecule has 1 aromatic rings. The summed E-state index contributed by atoms with van der Waals surface area (Å²) in [6.45, 7) is 0.519. The zero-order valence-corrected chi connectivity index (χ0v) is 8.51. The van der Waals surface area contributed by atoms with E-state index in [-0.39, 0.29) is 10.9 Å². The highest BCUT2D eigenvalue weighted by molar-refractivity contribution is 6.30. The van der Waals surface area contributed by atoms with E-state index in [1.165, 1.54) is 12.1 Å². The van der Waals surface area contributed by atoms with Gasteiger partial charge in [-0.25, -0.2) is 4.39 Å². The van der Waals surface area contributed by atoms with Crippen molar-refractivity contribution in [2.45, 2.75) is 5.92 Å². The number of hydrogen-bond donors (Lipinski definition) is 1. The summed E-state index contributed by atoms with van der Waals surface area (Å²) < 4.78 is 12.8. The Labute approximate surface area is 87.1 Å². The highest BCUT2D eigenvalue weighted by Crippen LogP contribution is 2.20. The van der Waals surface area contributed by atoms with Crippen molar-refractivity contribution < 1.29 is 9.18 Å². The fourth-order valence-corrected chi connectivity index (χ4v) is 1.40. The second-order valence-electron chi connectivity index (χ2n) is 2.97. The van der Waals surface area contributed by atoms with E-state index in [4.69, 9.17) is 11.6 Å². The van der Waals surface area contributed by atoms with Crippen LogP contribution in [-0.4, -0.2) is 19.9 Å². The number of benzene rings is 1. The fraction of sp³-hybridized carbons (Fsp3) is 0.300. The number of nitrogens with one attached hydrogen (secondary N) is 1. The molecule has 4 heteroatoms. The molecule has 1 rings (SSSR count). The third kappa shape index (κ3) is 2.53. The lowest BCUT2D eigenvalue weighted by Crippen LogP contribution is -2.18. The predicted octanol–water partition coefficient (Wildman–Crippen LogP) is 1.98. The number of hydrogen-bond acceptors (Lipinski definition) is 2. The van der Waals surface area contributed by atoms with Crippen LogP contribution in [0.5, 0.6) is 0 Å². The van der Waals surface area contributed by atoms with Crippen LogP contribution in [0.1, 0.15) is 11.5 Å². The van der Waals surface area contributed by atoms with Crippen LogP contribution in [0, 0.1) is 5.82 Å². The molecule has 14 heavy (non-hydrogen) atoms. The number of halogens is 2. The largest absolute Gasteiger partial charge is 0.319 e. The van der Waals surface area contributed by atoms with E-state index in [0.717, 1.165) is 11.8 Å². The average molecular weight is 216 g/mol. The first-order valence-electron chi connectivity index (χ1n) is 4.24. The molecule has 0 heterocycles. The molecule has 1 aromatic carbocycles. The van der Waals surface area contributed by atoms with E-state index in [9.17, 15) is 9.18 Å². The van der Waals surface area contributed by atoms with Crippen LogP contribution in [0.15, 0.2) is 18.2 Å². The van der Waals surface area contributed by atoms with Crippen LogP contribution in [0.3, 0.4) is 0 Å². The van der Waals surface area contributed by atoms with Crippen molar-refractivity contribution in [1.82, 2.24) is 5.32 Å². The Balaban J connectivity index is 2.93. The summed E-state index contributed by atoms with van der Waals surface area (Å²) in [4.78, 5) is 10.7. The van der Waals surface area contributed by atoms with Gasteiger partial charge in [0.15, 0.2) is 0 Å². The molecule has 2 nitrogen and oxygen atoms in total. The topological polar surface area (TPSA) is 29.1 Å². The van der Waals surface area contributed by atoms with Crippen molar-refractivity contribution in [3.8, 4) is 0 Å². The zero-order valence-electron chi connectivity index (χ0n) is 7.76. The van der Waals surface area contributed by atoms with E-state index < -0.39 is 5.82 Å². The van der Waals surface area contributed by atoms with E-state index in [0.29, 0.717) is 6.54 Å². The van der Waals surface area contributed by atoms with Crippen molar-refractivity contribution in [3.05, 3.63) is 34.6 Å². The van der Waals surface area contributed by atoms with Crippen molar-refractivity contribution in [2.24, 2.45) is 0 Å². The molecule has 0 saturated carbocycles. The number of carbonyl (C=O) groups is 1. The summed E-state index contributed by atoms with van der Waals surface area (Å²) >= 11 is 5.60. The minimum Gasteiger partial charge on any atom is -0.319 e. The Morgan fingerprint density at radius 3 is 2.86 bits per heavy atom. The van der Waals surface area contributed by atoms with Crippen LogP contribution in [0.2, 0.25) is 5.02 Å². The molecule has 0 amide bonds. The molecule has 1 N–H and O–H groups in total. The van der Waals surface area contributed by atoms with Gasteiger partial charge < -0.3 is 10.1 Å². The van der Waals surface area contributed by atoms with Crippen LogP contribution >= 0.6 is 11.6 Å². The highest BCUT2D eigenvalue weighted by atomic mass is 35.5. The predicted molar refractivity (Wildman–Crippen MR) is 54.1 cm³/mol. The summed E-state index contributed by atoms with van der Waals surface area (Å²) in [6, 6.07) is 4.31. The molecular formula is C10H11ClFNO. The molecule has 0 aromatic heterocycles. The number of aldehydes is 1. The van der Waals surface area contributed by atoms with Crippen LogP contribution in [0.25, 0.3) is 0 Å². The lowest BCUT2D eigenvalue weighted by molar-refractivity contribution is -0.109. The maximum atomic E-state index is 12.8. The van der Waals surface area contributed by atoms with Crippen molar-refractivity contribution in [1.29, 1.82) is 0 Å². The van der Waals surface area contributed by atoms with Crippen molar-refractivity contribution >= 4 is 17.9 Å². The normalized spacial score (nSPS) is 12.5. The molecule has 0 radical (unpaired) electrons. The molecule has 0 fully saturated rings. The van der Waals surface area contributed by atoms with Gasteiger partial charge in [-0.1, -0.05) is 17.7 Å². The van der Waals surface area contributed by atoms with Gasteiger partial charge in [-0.05, 0) is 24.7 Å². The first kappa shape index (κ1) is 11.1. The van der Waals surface area contributed by atoms with Crippen LogP contribution in [-0.2, 0) is 4.79 Å². The third-order valence-corrected chi connectivity index (χ3v) is 2.25. The summed E-state index contributed by atoms with van der Waals surface area (Å²) in [5.74, 6) is -0.748. The second kappa shape index (κ2) is 5.08. The Kier molecular flexibility index (Phi) is 4.04. The van der Waals surface area contributed by atoms with E-state index >= 15 is 0 Å². The summed E-state index contributed by atoms with van der Waals surface area (Å²) in [5, 5.41) is 2.93. The first-order chi connectivity index (χ1) is 6.69. The van der Waals surface area contributed by atoms with Gasteiger partial charge in [-0.3, -0.25) is 0 Å². The summed E-state index contributed by atoms with van der Waals surface area (Å²) in [7, 11) is 1.75. The maximum Gasteiger partial charge on any atom is 0.141 e. The minimum atomic E-state index is -0.468. The van der Waals surface area contributed by atoms with Gasteiger partial charge >= 0.3 is 0 Å². The second-order valence-corrected chi connectivity index (χ2v) is 3.38. The standard InChI is InChI=1S/C10H11ClFNO/c1-13-5-8(6-14)7-2-3-10(12)9(11)4-7/h2-4,6,8,13H,5H2,1H3. The molecule has 0 saturated heterocycles. The fourth-order valence-electron chi connectivity index (χ4n) is 1.21. The third-order valence-electron chi connectivity index (χ3n) is 1.96. The SMILES string of the molecule is CNCC(C=O)c1ccc(F)c(Cl)c1. The van der Waals surface area contributed by atoms with Crippen LogP contribution in [0.4, 0.5) is 4.39 Å². The molecular weight excluding hydrogens is 205 g/mol. The molecule has 76 valence electrons. The molecule has 0 aliphatic carbocycles. The van der Waals surface area contributed by atoms with Gasteiger partial charge in [0.25, 0.3) is 0 Å². The lowest BCUT2D eigenvalue weighted by Gasteiger charge is -2.10. The molecule has 0 aliphatic rings. The Morgan fingerprint density at radius 2 is 2.36 bits per heavy atom. The molecule has 0 bridgehead atoms. The van der Waals surface area contributed by atoms with Crippen molar-refractivity contribution in [2.75, 3.05) is 13.6 Å². The van der Waals surface area contributed by atoms with Gasteiger partial charge in [0.05, 0.1) is 10.9 Å². The lowest BCUT2D eigenvalue weighted by atomic mass is 10.0. The van der Waals surface area contributed by atoms with E-state index in [1.54, 1.807) is 13.1 Å². The van der Waals surface area contributed by atoms with Crippen molar-refractivity contribution in [3.63, 3.8) is 0 Å². The first-order valence-corrected chi connectivity index (χ1v) is 4.61. The molecule has 1 atom stereocenters. The van der Waals surface area contributed by atoms with Gasteiger partial charge in [0, 0.05) is 6.54 Å². The maximum absolute atomic E-state index is 12.8. The summed E-state index contributed by atoms with van der Waals surface area (Å²) in [5.41, 5.74) is 0.723. The Morgan fingerprint density at radius 1 is 1.64 bits per heavy atom. The summed E-state index contributed by atoms with van der Waals surface area (Å²) in [6.07, 6.45) is 0.820. The van der Waals surface area contributed by atoms with Gasteiger partial charge in [0.2, 0.25) is 0 Å². The highest BCUT2D eigenvalue weighted by Gasteiger charge is 2.10. The molecule has 0 spiro atoms. The Hall–Kier alpha value is -0.930. The van der Waals surface area contributed by atoms with E-state index in [1.807, 2.05) is 0 Å². The zero-order chi connectivity index (χ0) is 10.6.